The van der Waals surface area contributed by atoms with E-state index in [-0.39, 0.29) is 18.7 Å². The van der Waals surface area contributed by atoms with Crippen molar-refractivity contribution in [1.82, 2.24) is 25.4 Å². The molecule has 160 valence electrons. The fraction of sp³-hybridized carbons (Fsp3) is 0.429. The Hall–Kier alpha value is -2.81. The number of rotatable bonds is 8. The van der Waals surface area contributed by atoms with Crippen LogP contribution in [-0.4, -0.2) is 45.2 Å². The predicted molar refractivity (Wildman–Crippen MR) is 116 cm³/mol. The summed E-state index contributed by atoms with van der Waals surface area (Å²) in [7, 11) is 0. The summed E-state index contributed by atoms with van der Waals surface area (Å²) in [5.74, 6) is 0.771. The van der Waals surface area contributed by atoms with Crippen LogP contribution < -0.4 is 10.6 Å². The van der Waals surface area contributed by atoms with E-state index in [0.717, 1.165) is 22.1 Å². The number of benzene rings is 1. The predicted octanol–water partition coefficient (Wildman–Crippen LogP) is 3.27. The van der Waals surface area contributed by atoms with Crippen LogP contribution in [0, 0.1) is 6.92 Å². The van der Waals surface area contributed by atoms with Crippen LogP contribution in [0.2, 0.25) is 0 Å². The van der Waals surface area contributed by atoms with Gasteiger partial charge in [0, 0.05) is 23.6 Å². The molecule has 0 spiro atoms. The van der Waals surface area contributed by atoms with Crippen molar-refractivity contribution in [3.05, 3.63) is 41.1 Å². The summed E-state index contributed by atoms with van der Waals surface area (Å²) >= 11 is 1.43. The quantitative estimate of drug-likeness (QED) is 0.494. The molecule has 2 aromatic rings. The van der Waals surface area contributed by atoms with Gasteiger partial charge in [-0.3, -0.25) is 0 Å². The molecule has 0 aliphatic carbocycles. The van der Waals surface area contributed by atoms with Gasteiger partial charge in [-0.05, 0) is 32.8 Å². The number of hydrogen-bond acceptors (Lipinski definition) is 6. The van der Waals surface area contributed by atoms with Gasteiger partial charge in [0.05, 0.1) is 18.2 Å². The molecule has 1 aliphatic rings. The van der Waals surface area contributed by atoms with Crippen LogP contribution in [0.4, 0.5) is 4.79 Å². The lowest BCUT2D eigenvalue weighted by Crippen LogP contribution is -2.50. The Kier molecular flexibility index (Phi) is 7.15. The van der Waals surface area contributed by atoms with Crippen molar-refractivity contribution in [2.75, 3.05) is 12.4 Å². The molecule has 1 unspecified atom stereocenters. The molecule has 1 aromatic carbocycles. The smallest absolute Gasteiger partial charge is 0.337 e. The standard InChI is InChI=1S/C21H27N5O3S/c1-5-15-17(19(27)29-7-3)16(23-20(28)22-15)12-30-21-25-24-18(26(21)6-2)14-11-9-8-10-13(14)4/h8-11,15H,5-7,12H2,1-4H3,(H2,22,23,28). The Morgan fingerprint density at radius 2 is 2.00 bits per heavy atom. The molecule has 0 saturated heterocycles. The highest BCUT2D eigenvalue weighted by molar-refractivity contribution is 7.99. The van der Waals surface area contributed by atoms with Gasteiger partial charge in [0.15, 0.2) is 11.0 Å². The van der Waals surface area contributed by atoms with E-state index in [1.807, 2.05) is 49.6 Å². The van der Waals surface area contributed by atoms with Crippen LogP contribution in [-0.2, 0) is 16.1 Å². The highest BCUT2D eigenvalue weighted by Crippen LogP contribution is 2.28. The topological polar surface area (TPSA) is 98.1 Å². The molecule has 9 heteroatoms. The van der Waals surface area contributed by atoms with Gasteiger partial charge in [0.25, 0.3) is 0 Å². The summed E-state index contributed by atoms with van der Waals surface area (Å²) in [4.78, 5) is 24.6. The van der Waals surface area contributed by atoms with E-state index in [0.29, 0.717) is 30.0 Å². The van der Waals surface area contributed by atoms with Crippen molar-refractivity contribution in [2.24, 2.45) is 0 Å². The maximum atomic E-state index is 12.5. The van der Waals surface area contributed by atoms with Crippen LogP contribution in [0.3, 0.4) is 0 Å². The second-order valence-corrected chi connectivity index (χ2v) is 7.77. The fourth-order valence-corrected chi connectivity index (χ4v) is 4.39. The van der Waals surface area contributed by atoms with Crippen LogP contribution >= 0.6 is 11.8 Å². The van der Waals surface area contributed by atoms with E-state index in [2.05, 4.69) is 20.8 Å². The second kappa shape index (κ2) is 9.80. The maximum absolute atomic E-state index is 12.5. The Morgan fingerprint density at radius 3 is 2.67 bits per heavy atom. The monoisotopic (exact) mass is 429 g/mol. The van der Waals surface area contributed by atoms with Gasteiger partial charge in [-0.1, -0.05) is 43.0 Å². The summed E-state index contributed by atoms with van der Waals surface area (Å²) in [6, 6.07) is 7.36. The van der Waals surface area contributed by atoms with Crippen LogP contribution in [0.25, 0.3) is 11.4 Å². The lowest BCUT2D eigenvalue weighted by Gasteiger charge is -2.28. The zero-order chi connectivity index (χ0) is 21.7. The SMILES string of the molecule is CCOC(=O)C1=C(CSc2nnc(-c3ccccc3C)n2CC)NC(=O)NC1CC. The minimum absolute atomic E-state index is 0.275. The Morgan fingerprint density at radius 1 is 1.23 bits per heavy atom. The number of thioether (sulfide) groups is 1. The summed E-state index contributed by atoms with van der Waals surface area (Å²) in [5.41, 5.74) is 3.18. The number of nitrogens with one attached hydrogen (secondary N) is 2. The summed E-state index contributed by atoms with van der Waals surface area (Å²) in [6.45, 7) is 8.74. The molecular formula is C21H27N5O3S. The largest absolute Gasteiger partial charge is 0.463 e. The van der Waals surface area contributed by atoms with Crippen LogP contribution in [0.1, 0.15) is 32.8 Å². The van der Waals surface area contributed by atoms with Gasteiger partial charge >= 0.3 is 12.0 Å². The first-order valence-corrected chi connectivity index (χ1v) is 11.1. The lowest BCUT2D eigenvalue weighted by molar-refractivity contribution is -0.139. The average molecular weight is 430 g/mol. The Bertz CT molecular complexity index is 969. The first-order valence-electron chi connectivity index (χ1n) is 10.1. The van der Waals surface area contributed by atoms with Gasteiger partial charge in [-0.25, -0.2) is 9.59 Å². The van der Waals surface area contributed by atoms with Gasteiger partial charge in [0.1, 0.15) is 0 Å². The molecule has 8 nitrogen and oxygen atoms in total. The molecule has 1 aliphatic heterocycles. The summed E-state index contributed by atoms with van der Waals surface area (Å²) < 4.78 is 7.26. The number of amides is 2. The normalized spacial score (nSPS) is 16.3. The molecule has 2 amide bonds. The number of carbonyl (C=O) groups is 2. The number of ether oxygens (including phenoxy) is 1. The van der Waals surface area contributed by atoms with E-state index < -0.39 is 5.97 Å². The molecular weight excluding hydrogens is 402 g/mol. The summed E-state index contributed by atoms with van der Waals surface area (Å²) in [5, 5.41) is 15.0. The van der Waals surface area contributed by atoms with Crippen molar-refractivity contribution >= 4 is 23.8 Å². The molecule has 0 bridgehead atoms. The lowest BCUT2D eigenvalue weighted by atomic mass is 10.0. The number of carbonyl (C=O) groups excluding carboxylic acids is 2. The second-order valence-electron chi connectivity index (χ2n) is 6.83. The van der Waals surface area contributed by atoms with Gasteiger partial charge in [-0.15, -0.1) is 10.2 Å². The third kappa shape index (κ3) is 4.51. The zero-order valence-electron chi connectivity index (χ0n) is 17.7. The third-order valence-corrected chi connectivity index (χ3v) is 5.90. The van der Waals surface area contributed by atoms with Crippen molar-refractivity contribution in [1.29, 1.82) is 0 Å². The maximum Gasteiger partial charge on any atom is 0.337 e. The number of esters is 1. The van der Waals surface area contributed by atoms with Gasteiger partial charge in [-0.2, -0.15) is 0 Å². The van der Waals surface area contributed by atoms with Gasteiger partial charge < -0.3 is 19.9 Å². The molecule has 1 aromatic heterocycles. The minimum Gasteiger partial charge on any atom is -0.463 e. The number of nitrogens with zero attached hydrogens (tertiary/aromatic N) is 3. The van der Waals surface area contributed by atoms with Crippen molar-refractivity contribution < 1.29 is 14.3 Å². The zero-order valence-corrected chi connectivity index (χ0v) is 18.5. The molecule has 0 saturated carbocycles. The molecule has 0 radical (unpaired) electrons. The molecule has 0 fully saturated rings. The first kappa shape index (κ1) is 21.9. The van der Waals surface area contributed by atoms with Gasteiger partial charge in [0.2, 0.25) is 0 Å². The number of hydrogen-bond donors (Lipinski definition) is 2. The fourth-order valence-electron chi connectivity index (χ4n) is 3.42. The van der Waals surface area contributed by atoms with E-state index in [4.69, 9.17) is 4.74 Å². The van der Waals surface area contributed by atoms with Crippen molar-refractivity contribution in [3.8, 4) is 11.4 Å². The van der Waals surface area contributed by atoms with Crippen molar-refractivity contribution in [3.63, 3.8) is 0 Å². The van der Waals surface area contributed by atoms with E-state index in [9.17, 15) is 9.59 Å². The summed E-state index contributed by atoms with van der Waals surface area (Å²) in [6.07, 6.45) is 0.596. The molecule has 2 N–H and O–H groups in total. The van der Waals surface area contributed by atoms with E-state index >= 15 is 0 Å². The molecule has 2 heterocycles. The number of aromatic nitrogens is 3. The van der Waals surface area contributed by atoms with E-state index in [1.54, 1.807) is 6.92 Å². The average Bonchev–Trinajstić information content (AvgIpc) is 3.14. The molecule has 3 rings (SSSR count). The van der Waals surface area contributed by atoms with Crippen LogP contribution in [0.5, 0.6) is 0 Å². The Balaban J connectivity index is 1.90. The highest BCUT2D eigenvalue weighted by Gasteiger charge is 2.31. The molecule has 30 heavy (non-hydrogen) atoms. The van der Waals surface area contributed by atoms with Crippen molar-refractivity contribution in [2.45, 2.75) is 51.9 Å². The molecule has 1 atom stereocenters. The van der Waals surface area contributed by atoms with Crippen LogP contribution in [0.15, 0.2) is 40.7 Å². The third-order valence-electron chi connectivity index (χ3n) is 4.91. The highest BCUT2D eigenvalue weighted by atomic mass is 32.2. The number of urea groups is 1. The Labute approximate surface area is 180 Å². The van der Waals surface area contributed by atoms with E-state index in [1.165, 1.54) is 11.8 Å². The minimum atomic E-state index is -0.412. The number of aryl methyl sites for hydroxylation is 1. The first-order chi connectivity index (χ1) is 14.5.